The second-order valence-electron chi connectivity index (χ2n) is 4.12. The summed E-state index contributed by atoms with van der Waals surface area (Å²) >= 11 is 0. The average molecular weight is 222 g/mol. The van der Waals surface area contributed by atoms with Crippen molar-refractivity contribution in [2.45, 2.75) is 31.7 Å². The van der Waals surface area contributed by atoms with Gasteiger partial charge in [0, 0.05) is 6.61 Å². The Morgan fingerprint density at radius 2 is 2.19 bits per heavy atom. The molecule has 1 aliphatic heterocycles. The molecular weight excluding hydrogens is 204 g/mol. The predicted octanol–water partition coefficient (Wildman–Crippen LogP) is 1.74. The fraction of sp³-hybridized carbons (Fsp3) is 0.538. The molecule has 2 rings (SSSR count). The van der Waals surface area contributed by atoms with E-state index in [1.54, 1.807) is 0 Å². The molecule has 0 saturated carbocycles. The molecule has 2 atom stereocenters. The monoisotopic (exact) mass is 222 g/mol. The van der Waals surface area contributed by atoms with Crippen LogP contribution in [0, 0.1) is 0 Å². The third-order valence-corrected chi connectivity index (χ3v) is 2.79. The molecule has 1 heterocycles. The standard InChI is InChI=1S/C13H18O3/c14-12(13-7-4-8-16-13)10-15-9-11-5-2-1-3-6-11/h1-3,5-6,12-14H,4,7-10H2. The molecule has 1 aliphatic rings. The zero-order valence-electron chi connectivity index (χ0n) is 9.34. The van der Waals surface area contributed by atoms with Crippen LogP contribution in [0.4, 0.5) is 0 Å². The second kappa shape index (κ2) is 5.99. The van der Waals surface area contributed by atoms with Gasteiger partial charge in [-0.3, -0.25) is 0 Å². The van der Waals surface area contributed by atoms with Crippen molar-refractivity contribution in [1.82, 2.24) is 0 Å². The summed E-state index contributed by atoms with van der Waals surface area (Å²) in [6.45, 7) is 1.66. The van der Waals surface area contributed by atoms with Gasteiger partial charge in [0.15, 0.2) is 0 Å². The molecule has 1 saturated heterocycles. The van der Waals surface area contributed by atoms with Gasteiger partial charge in [0.25, 0.3) is 0 Å². The summed E-state index contributed by atoms with van der Waals surface area (Å²) in [5.41, 5.74) is 1.13. The number of aliphatic hydroxyl groups excluding tert-OH is 1. The molecule has 0 spiro atoms. The van der Waals surface area contributed by atoms with E-state index in [4.69, 9.17) is 9.47 Å². The van der Waals surface area contributed by atoms with E-state index in [1.165, 1.54) is 0 Å². The van der Waals surface area contributed by atoms with Gasteiger partial charge in [0.2, 0.25) is 0 Å². The van der Waals surface area contributed by atoms with Crippen molar-refractivity contribution in [1.29, 1.82) is 0 Å². The topological polar surface area (TPSA) is 38.7 Å². The lowest BCUT2D eigenvalue weighted by molar-refractivity contribution is -0.0516. The van der Waals surface area contributed by atoms with Crippen LogP contribution >= 0.6 is 0 Å². The Hall–Kier alpha value is -0.900. The van der Waals surface area contributed by atoms with Crippen LogP contribution in [0.15, 0.2) is 30.3 Å². The lowest BCUT2D eigenvalue weighted by atomic mass is 10.1. The summed E-state index contributed by atoms with van der Waals surface area (Å²) in [6.07, 6.45) is 1.46. The molecule has 1 N–H and O–H groups in total. The maximum absolute atomic E-state index is 9.78. The van der Waals surface area contributed by atoms with Crippen LogP contribution in [-0.2, 0) is 16.1 Å². The number of ether oxygens (including phenoxy) is 2. The number of hydrogen-bond donors (Lipinski definition) is 1. The molecule has 3 heteroatoms. The highest BCUT2D eigenvalue weighted by Crippen LogP contribution is 2.16. The van der Waals surface area contributed by atoms with E-state index in [2.05, 4.69) is 0 Å². The van der Waals surface area contributed by atoms with Crippen LogP contribution in [0.25, 0.3) is 0 Å². The third kappa shape index (κ3) is 3.30. The second-order valence-corrected chi connectivity index (χ2v) is 4.12. The van der Waals surface area contributed by atoms with Crippen molar-refractivity contribution in [2.75, 3.05) is 13.2 Å². The van der Waals surface area contributed by atoms with Gasteiger partial charge < -0.3 is 14.6 Å². The highest BCUT2D eigenvalue weighted by Gasteiger charge is 2.23. The molecule has 3 nitrogen and oxygen atoms in total. The highest BCUT2D eigenvalue weighted by atomic mass is 16.5. The molecule has 0 bridgehead atoms. The molecule has 1 aromatic rings. The van der Waals surface area contributed by atoms with Crippen molar-refractivity contribution >= 4 is 0 Å². The quantitative estimate of drug-likeness (QED) is 0.824. The minimum Gasteiger partial charge on any atom is -0.388 e. The van der Waals surface area contributed by atoms with Crippen LogP contribution in [0.2, 0.25) is 0 Å². The van der Waals surface area contributed by atoms with Crippen molar-refractivity contribution in [3.05, 3.63) is 35.9 Å². The summed E-state index contributed by atoms with van der Waals surface area (Å²) in [5, 5.41) is 9.78. The summed E-state index contributed by atoms with van der Waals surface area (Å²) in [5.74, 6) is 0. The number of rotatable bonds is 5. The van der Waals surface area contributed by atoms with Crippen LogP contribution in [0.3, 0.4) is 0 Å². The largest absolute Gasteiger partial charge is 0.388 e. The van der Waals surface area contributed by atoms with Gasteiger partial charge in [-0.05, 0) is 18.4 Å². The van der Waals surface area contributed by atoms with E-state index in [0.29, 0.717) is 13.2 Å². The van der Waals surface area contributed by atoms with Gasteiger partial charge in [-0.1, -0.05) is 30.3 Å². The van der Waals surface area contributed by atoms with E-state index in [9.17, 15) is 5.11 Å². The number of aliphatic hydroxyl groups is 1. The average Bonchev–Trinajstić information content (AvgIpc) is 2.84. The molecular formula is C13H18O3. The first-order valence-electron chi connectivity index (χ1n) is 5.77. The zero-order valence-corrected chi connectivity index (χ0v) is 9.34. The molecule has 0 radical (unpaired) electrons. The lowest BCUT2D eigenvalue weighted by Gasteiger charge is -2.17. The van der Waals surface area contributed by atoms with Crippen molar-refractivity contribution in [3.8, 4) is 0 Å². The first-order valence-corrected chi connectivity index (χ1v) is 5.77. The van der Waals surface area contributed by atoms with Crippen LogP contribution in [0.1, 0.15) is 18.4 Å². The highest BCUT2D eigenvalue weighted by molar-refractivity contribution is 5.13. The molecule has 88 valence electrons. The summed E-state index contributed by atoms with van der Waals surface area (Å²) in [6, 6.07) is 9.96. The maximum Gasteiger partial charge on any atom is 0.103 e. The Morgan fingerprint density at radius 3 is 2.88 bits per heavy atom. The van der Waals surface area contributed by atoms with Gasteiger partial charge in [-0.15, -0.1) is 0 Å². The Labute approximate surface area is 96.0 Å². The Balaban J connectivity index is 1.67. The minimum atomic E-state index is -0.494. The van der Waals surface area contributed by atoms with E-state index in [-0.39, 0.29) is 6.10 Å². The van der Waals surface area contributed by atoms with Crippen LogP contribution in [0.5, 0.6) is 0 Å². The first-order chi connectivity index (χ1) is 7.86. The van der Waals surface area contributed by atoms with Gasteiger partial charge >= 0.3 is 0 Å². The van der Waals surface area contributed by atoms with E-state index >= 15 is 0 Å². The molecule has 0 aliphatic carbocycles. The fourth-order valence-electron chi connectivity index (χ4n) is 1.89. The van der Waals surface area contributed by atoms with Crippen molar-refractivity contribution in [3.63, 3.8) is 0 Å². The van der Waals surface area contributed by atoms with E-state index in [1.807, 2.05) is 30.3 Å². The lowest BCUT2D eigenvalue weighted by Crippen LogP contribution is -2.29. The third-order valence-electron chi connectivity index (χ3n) is 2.79. The SMILES string of the molecule is OC(COCc1ccccc1)C1CCCO1. The summed E-state index contributed by atoms with van der Waals surface area (Å²) in [7, 11) is 0. The molecule has 0 amide bonds. The van der Waals surface area contributed by atoms with Crippen LogP contribution < -0.4 is 0 Å². The van der Waals surface area contributed by atoms with E-state index in [0.717, 1.165) is 25.0 Å². The Bertz CT molecular complexity index is 293. The first kappa shape index (κ1) is 11.6. The molecule has 2 unspecified atom stereocenters. The van der Waals surface area contributed by atoms with Gasteiger partial charge in [0.1, 0.15) is 6.10 Å². The number of hydrogen-bond acceptors (Lipinski definition) is 3. The van der Waals surface area contributed by atoms with Gasteiger partial charge in [-0.2, -0.15) is 0 Å². The van der Waals surface area contributed by atoms with Gasteiger partial charge in [-0.25, -0.2) is 0 Å². The molecule has 1 fully saturated rings. The summed E-state index contributed by atoms with van der Waals surface area (Å²) < 4.78 is 10.9. The van der Waals surface area contributed by atoms with Gasteiger partial charge in [0.05, 0.1) is 19.3 Å². The zero-order chi connectivity index (χ0) is 11.2. The molecule has 1 aromatic carbocycles. The fourth-order valence-corrected chi connectivity index (χ4v) is 1.89. The summed E-state index contributed by atoms with van der Waals surface area (Å²) in [4.78, 5) is 0. The molecule has 16 heavy (non-hydrogen) atoms. The Morgan fingerprint density at radius 1 is 1.38 bits per heavy atom. The normalized spacial score (nSPS) is 22.2. The van der Waals surface area contributed by atoms with Crippen molar-refractivity contribution in [2.24, 2.45) is 0 Å². The van der Waals surface area contributed by atoms with E-state index < -0.39 is 6.10 Å². The Kier molecular flexibility index (Phi) is 4.34. The predicted molar refractivity (Wildman–Crippen MR) is 61.1 cm³/mol. The van der Waals surface area contributed by atoms with Crippen LogP contribution in [-0.4, -0.2) is 30.5 Å². The minimum absolute atomic E-state index is 0.0317. The van der Waals surface area contributed by atoms with Crippen molar-refractivity contribution < 1.29 is 14.6 Å². The molecule has 0 aromatic heterocycles. The maximum atomic E-state index is 9.78. The smallest absolute Gasteiger partial charge is 0.103 e. The number of benzene rings is 1.